The number of aliphatic hydroxyl groups is 1. The molecule has 21 heavy (non-hydrogen) atoms. The van der Waals surface area contributed by atoms with Crippen molar-refractivity contribution in [3.05, 3.63) is 0 Å². The molecule has 2 N–H and O–H groups in total. The molecule has 0 bridgehead atoms. The van der Waals surface area contributed by atoms with Crippen LogP contribution < -0.4 is 9.79 Å². The van der Waals surface area contributed by atoms with Crippen LogP contribution in [0.3, 0.4) is 0 Å². The molecule has 124 valence electrons. The average molecular weight is 348 g/mol. The number of phosphoric acid groups is 2. The largest absolute Gasteiger partial charge is 0.756 e. The Labute approximate surface area is 119 Å². The fraction of sp³-hybridized carbons (Fsp3) is 1.00. The molecule has 2 saturated heterocycles. The van der Waals surface area contributed by atoms with Gasteiger partial charge >= 0.3 is 0 Å². The number of hydrogen-bond donors (Lipinski definition) is 2. The van der Waals surface area contributed by atoms with Gasteiger partial charge in [-0.1, -0.05) is 0 Å². The highest BCUT2D eigenvalue weighted by atomic mass is 31.2. The molecule has 2 aliphatic heterocycles. The Morgan fingerprint density at radius 1 is 0.905 bits per heavy atom. The zero-order chi connectivity index (χ0) is 15.7. The Kier molecular flexibility index (Phi) is 5.56. The van der Waals surface area contributed by atoms with Gasteiger partial charge in [0.15, 0.2) is 0 Å². The number of aliphatic hydroxyl groups excluding tert-OH is 1. The average Bonchev–Trinajstić information content (AvgIpc) is 2.87. The van der Waals surface area contributed by atoms with Crippen molar-refractivity contribution in [1.29, 1.82) is 0 Å². The zero-order valence-electron chi connectivity index (χ0n) is 10.6. The maximum absolute atomic E-state index is 11.7. The third-order valence-electron chi connectivity index (χ3n) is 2.78. The third-order valence-corrected chi connectivity index (χ3v) is 4.37. The molecule has 6 atom stereocenters. The van der Waals surface area contributed by atoms with Crippen molar-refractivity contribution in [3.8, 4) is 0 Å². The first-order chi connectivity index (χ1) is 9.66. The van der Waals surface area contributed by atoms with Crippen LogP contribution in [0, 0.1) is 0 Å². The molecule has 0 radical (unpaired) electrons. The lowest BCUT2D eigenvalue weighted by Gasteiger charge is -2.31. The highest BCUT2D eigenvalue weighted by molar-refractivity contribution is 7.46. The van der Waals surface area contributed by atoms with Gasteiger partial charge in [0.05, 0.1) is 26.4 Å². The molecule has 13 heteroatoms. The van der Waals surface area contributed by atoms with Crippen LogP contribution in [-0.4, -0.2) is 60.8 Å². The Bertz CT molecular complexity index is 450. The second kappa shape index (κ2) is 6.69. The summed E-state index contributed by atoms with van der Waals surface area (Å²) in [6.45, 7) is -0.715. The van der Waals surface area contributed by atoms with E-state index in [1.165, 1.54) is 0 Å². The van der Waals surface area contributed by atoms with Crippen molar-refractivity contribution < 1.29 is 52.0 Å². The minimum atomic E-state index is -5.06. The summed E-state index contributed by atoms with van der Waals surface area (Å²) >= 11 is 0. The topological polar surface area (TPSA) is 167 Å². The molecule has 2 unspecified atom stereocenters. The number of ether oxygens (including phenoxy) is 2. The first-order valence-electron chi connectivity index (χ1n) is 5.90. The Hall–Kier alpha value is 0.1000. The summed E-state index contributed by atoms with van der Waals surface area (Å²) in [4.78, 5) is 30.9. The van der Waals surface area contributed by atoms with E-state index in [0.29, 0.717) is 0 Å². The fourth-order valence-corrected chi connectivity index (χ4v) is 3.51. The first-order valence-corrected chi connectivity index (χ1v) is 8.85. The van der Waals surface area contributed by atoms with Gasteiger partial charge in [-0.15, -0.1) is 0 Å². The Morgan fingerprint density at radius 2 is 1.38 bits per heavy atom. The van der Waals surface area contributed by atoms with Crippen LogP contribution in [0.25, 0.3) is 0 Å². The smallest absolute Gasteiger partial charge is 0.268 e. The third kappa shape index (κ3) is 5.34. The summed E-state index contributed by atoms with van der Waals surface area (Å²) in [6, 6.07) is 0. The molecule has 0 aromatic heterocycles. The quantitative estimate of drug-likeness (QED) is 0.487. The van der Waals surface area contributed by atoms with Crippen molar-refractivity contribution in [2.45, 2.75) is 24.4 Å². The second-order valence-electron chi connectivity index (χ2n) is 4.49. The number of rotatable bonds is 6. The van der Waals surface area contributed by atoms with E-state index in [1.54, 1.807) is 0 Å². The lowest BCUT2D eigenvalue weighted by atomic mass is 10.3. The SMILES string of the molecule is O=P([O-])(O)O[C@H]1COC[C@@H]1OP(=O)([O-])O[C@H]1COC[C@@H]1O. The first kappa shape index (κ1) is 17.5. The highest BCUT2D eigenvalue weighted by Gasteiger charge is 2.37. The van der Waals surface area contributed by atoms with Crippen LogP contribution in [0.15, 0.2) is 0 Å². The summed E-state index contributed by atoms with van der Waals surface area (Å²) in [5, 5.41) is 9.39. The van der Waals surface area contributed by atoms with Gasteiger partial charge in [-0.3, -0.25) is 9.13 Å². The summed E-state index contributed by atoms with van der Waals surface area (Å²) in [6.07, 6.45) is -4.81. The predicted octanol–water partition coefficient (Wildman–Crippen LogP) is -2.51. The van der Waals surface area contributed by atoms with E-state index in [-0.39, 0.29) is 26.4 Å². The van der Waals surface area contributed by atoms with Crippen molar-refractivity contribution in [2.24, 2.45) is 0 Å². The van der Waals surface area contributed by atoms with Crippen LogP contribution in [0.2, 0.25) is 0 Å². The normalized spacial score (nSPS) is 39.0. The van der Waals surface area contributed by atoms with E-state index < -0.39 is 40.1 Å². The Balaban J connectivity index is 1.92. The van der Waals surface area contributed by atoms with Crippen LogP contribution in [0.4, 0.5) is 0 Å². The molecule has 11 nitrogen and oxygen atoms in total. The van der Waals surface area contributed by atoms with Gasteiger partial charge in [0, 0.05) is 0 Å². The van der Waals surface area contributed by atoms with Gasteiger partial charge in [-0.25, -0.2) is 0 Å². The second-order valence-corrected chi connectivity index (χ2v) is 6.95. The maximum Gasteiger partial charge on any atom is 0.268 e. The van der Waals surface area contributed by atoms with Crippen molar-refractivity contribution in [1.82, 2.24) is 0 Å². The summed E-state index contributed by atoms with van der Waals surface area (Å²) in [7, 11) is -9.91. The van der Waals surface area contributed by atoms with Gasteiger partial charge in [0.2, 0.25) is 0 Å². The predicted molar refractivity (Wildman–Crippen MR) is 59.7 cm³/mol. The molecule has 0 saturated carbocycles. The molecule has 0 amide bonds. The van der Waals surface area contributed by atoms with E-state index in [2.05, 4.69) is 13.6 Å². The Morgan fingerprint density at radius 3 is 1.90 bits per heavy atom. The number of phosphoric ester groups is 2. The van der Waals surface area contributed by atoms with E-state index in [9.17, 15) is 24.0 Å². The molecule has 0 aromatic carbocycles. The molecule has 0 spiro atoms. The molecule has 2 aliphatic rings. The minimum absolute atomic E-state index is 0.0627. The maximum atomic E-state index is 11.7. The summed E-state index contributed by atoms with van der Waals surface area (Å²) in [5.74, 6) is 0. The van der Waals surface area contributed by atoms with Crippen molar-refractivity contribution in [3.63, 3.8) is 0 Å². The van der Waals surface area contributed by atoms with E-state index in [0.717, 1.165) is 0 Å². The van der Waals surface area contributed by atoms with Crippen LogP contribution in [-0.2, 0) is 32.2 Å². The van der Waals surface area contributed by atoms with Crippen molar-refractivity contribution in [2.75, 3.05) is 26.4 Å². The standard InChI is InChI=1S/C8H16O11P2/c9-5-1-15-2-6(5)18-21(13,14)19-8-4-16-3-7(8)17-20(10,11)12/h5-9H,1-4H2,(H,13,14)(H2,10,11,12)/p-2/t5-,6-,7-,8-/m0/s1. The van der Waals surface area contributed by atoms with Gasteiger partial charge < -0.3 is 42.8 Å². The van der Waals surface area contributed by atoms with Gasteiger partial charge in [0.1, 0.15) is 24.4 Å². The van der Waals surface area contributed by atoms with Gasteiger partial charge in [-0.05, 0) is 0 Å². The fourth-order valence-electron chi connectivity index (χ4n) is 1.86. The lowest BCUT2D eigenvalue weighted by Crippen LogP contribution is -2.34. The molecule has 2 rings (SSSR count). The van der Waals surface area contributed by atoms with E-state index in [1.807, 2.05) is 0 Å². The lowest BCUT2D eigenvalue weighted by molar-refractivity contribution is -0.243. The molecular weight excluding hydrogens is 334 g/mol. The van der Waals surface area contributed by atoms with E-state index in [4.69, 9.17) is 14.4 Å². The summed E-state index contributed by atoms with van der Waals surface area (Å²) < 4.78 is 45.6. The minimum Gasteiger partial charge on any atom is -0.756 e. The van der Waals surface area contributed by atoms with Crippen LogP contribution in [0.5, 0.6) is 0 Å². The molecule has 0 aliphatic carbocycles. The molecule has 0 aromatic rings. The molecular formula is C8H14O11P2-2. The van der Waals surface area contributed by atoms with Gasteiger partial charge in [0.25, 0.3) is 15.6 Å². The molecule has 2 heterocycles. The highest BCUT2D eigenvalue weighted by Crippen LogP contribution is 2.45. The summed E-state index contributed by atoms with van der Waals surface area (Å²) in [5.41, 5.74) is 0. The van der Waals surface area contributed by atoms with Crippen molar-refractivity contribution >= 4 is 15.6 Å². The number of hydrogen-bond acceptors (Lipinski definition) is 10. The molecule has 2 fully saturated rings. The van der Waals surface area contributed by atoms with Crippen LogP contribution in [0.1, 0.15) is 0 Å². The van der Waals surface area contributed by atoms with Crippen LogP contribution >= 0.6 is 15.6 Å². The van der Waals surface area contributed by atoms with Gasteiger partial charge in [-0.2, -0.15) is 0 Å². The monoisotopic (exact) mass is 348 g/mol. The van der Waals surface area contributed by atoms with E-state index >= 15 is 0 Å². The zero-order valence-corrected chi connectivity index (χ0v) is 12.4.